The summed E-state index contributed by atoms with van der Waals surface area (Å²) in [6, 6.07) is 7.19. The van der Waals surface area contributed by atoms with Gasteiger partial charge in [-0.3, -0.25) is 9.58 Å². The van der Waals surface area contributed by atoms with Crippen LogP contribution in [0.1, 0.15) is 17.5 Å². The molecule has 1 aliphatic heterocycles. The first-order chi connectivity index (χ1) is 10.2. The van der Waals surface area contributed by atoms with Crippen molar-refractivity contribution in [3.63, 3.8) is 0 Å². The molecule has 3 rings (SSSR count). The topological polar surface area (TPSA) is 33.1 Å². The maximum atomic E-state index is 12.9. The Morgan fingerprint density at radius 1 is 1.33 bits per heavy atom. The van der Waals surface area contributed by atoms with Gasteiger partial charge in [0.15, 0.2) is 0 Å². The second-order valence-electron chi connectivity index (χ2n) is 5.73. The van der Waals surface area contributed by atoms with Gasteiger partial charge in [-0.15, -0.1) is 0 Å². The van der Waals surface area contributed by atoms with E-state index in [9.17, 15) is 4.39 Å². The van der Waals surface area contributed by atoms with Crippen LogP contribution in [-0.2, 0) is 13.1 Å². The molecule has 1 atom stereocenters. The highest BCUT2D eigenvalue weighted by Crippen LogP contribution is 2.11. The van der Waals surface area contributed by atoms with E-state index in [0.717, 1.165) is 25.2 Å². The van der Waals surface area contributed by atoms with E-state index in [1.165, 1.54) is 24.1 Å². The second kappa shape index (κ2) is 6.37. The monoisotopic (exact) mass is 288 g/mol. The van der Waals surface area contributed by atoms with Crippen molar-refractivity contribution in [2.75, 3.05) is 20.1 Å². The number of likely N-dealkylation sites (N-methyl/N-ethyl adjacent to an activating group) is 1. The van der Waals surface area contributed by atoms with Gasteiger partial charge in [0, 0.05) is 30.9 Å². The zero-order valence-corrected chi connectivity index (χ0v) is 12.3. The summed E-state index contributed by atoms with van der Waals surface area (Å²) in [6.07, 6.45) is 5.20. The van der Waals surface area contributed by atoms with Crippen LogP contribution < -0.4 is 5.32 Å². The van der Waals surface area contributed by atoms with Crippen LogP contribution in [0.2, 0.25) is 0 Å². The van der Waals surface area contributed by atoms with Crippen LogP contribution in [-0.4, -0.2) is 40.9 Å². The van der Waals surface area contributed by atoms with E-state index >= 15 is 0 Å². The second-order valence-corrected chi connectivity index (χ2v) is 5.73. The van der Waals surface area contributed by atoms with Crippen molar-refractivity contribution in [1.82, 2.24) is 20.0 Å². The minimum absolute atomic E-state index is 0.202. The average molecular weight is 288 g/mol. The molecule has 1 aliphatic rings. The molecule has 21 heavy (non-hydrogen) atoms. The molecule has 1 N–H and O–H groups in total. The molecule has 2 heterocycles. The summed E-state index contributed by atoms with van der Waals surface area (Å²) < 4.78 is 14.8. The van der Waals surface area contributed by atoms with Crippen LogP contribution in [0.15, 0.2) is 36.7 Å². The fourth-order valence-corrected chi connectivity index (χ4v) is 2.78. The first-order valence-electron chi connectivity index (χ1n) is 7.37. The molecule has 1 aromatic carbocycles. The first-order valence-corrected chi connectivity index (χ1v) is 7.37. The number of rotatable bonds is 5. The summed E-state index contributed by atoms with van der Waals surface area (Å²) in [5.74, 6) is -0.202. The Labute approximate surface area is 124 Å². The normalized spacial score (nSPS) is 18.5. The van der Waals surface area contributed by atoms with Crippen LogP contribution in [0.5, 0.6) is 0 Å². The molecule has 1 saturated heterocycles. The Hall–Kier alpha value is -1.72. The Morgan fingerprint density at radius 2 is 2.14 bits per heavy atom. The highest BCUT2D eigenvalue weighted by atomic mass is 19.1. The van der Waals surface area contributed by atoms with E-state index in [0.29, 0.717) is 12.6 Å². The zero-order chi connectivity index (χ0) is 14.7. The molecule has 0 amide bonds. The van der Waals surface area contributed by atoms with Crippen molar-refractivity contribution in [2.45, 2.75) is 25.6 Å². The predicted molar refractivity (Wildman–Crippen MR) is 80.5 cm³/mol. The van der Waals surface area contributed by atoms with Gasteiger partial charge >= 0.3 is 0 Å². The Kier molecular flexibility index (Phi) is 4.31. The molecule has 112 valence electrons. The van der Waals surface area contributed by atoms with Crippen molar-refractivity contribution in [3.8, 4) is 0 Å². The largest absolute Gasteiger partial charge is 0.315 e. The van der Waals surface area contributed by atoms with E-state index < -0.39 is 0 Å². The van der Waals surface area contributed by atoms with Crippen molar-refractivity contribution < 1.29 is 4.39 Å². The van der Waals surface area contributed by atoms with E-state index in [1.54, 1.807) is 12.1 Å². The number of benzene rings is 1. The summed E-state index contributed by atoms with van der Waals surface area (Å²) in [4.78, 5) is 2.37. The SMILES string of the molecule is CN(Cc1cnn(Cc2ccc(F)cc2)c1)C1CCNC1. The molecule has 1 fully saturated rings. The van der Waals surface area contributed by atoms with Gasteiger partial charge in [0.05, 0.1) is 12.7 Å². The number of nitrogens with one attached hydrogen (secondary N) is 1. The molecule has 5 heteroatoms. The van der Waals surface area contributed by atoms with Crippen LogP contribution in [0.4, 0.5) is 4.39 Å². The number of aromatic nitrogens is 2. The molecule has 4 nitrogen and oxygen atoms in total. The lowest BCUT2D eigenvalue weighted by Crippen LogP contribution is -2.32. The summed E-state index contributed by atoms with van der Waals surface area (Å²) in [5.41, 5.74) is 2.27. The van der Waals surface area contributed by atoms with Gasteiger partial charge in [0.25, 0.3) is 0 Å². The van der Waals surface area contributed by atoms with Crippen molar-refractivity contribution in [2.24, 2.45) is 0 Å². The minimum Gasteiger partial charge on any atom is -0.315 e. The average Bonchev–Trinajstić information content (AvgIpc) is 3.13. The third kappa shape index (κ3) is 3.68. The van der Waals surface area contributed by atoms with E-state index in [4.69, 9.17) is 0 Å². The van der Waals surface area contributed by atoms with E-state index in [-0.39, 0.29) is 5.82 Å². The molecule has 1 aromatic heterocycles. The predicted octanol–water partition coefficient (Wildman–Crippen LogP) is 1.86. The van der Waals surface area contributed by atoms with Gasteiger partial charge in [-0.2, -0.15) is 5.10 Å². The Bertz CT molecular complexity index is 572. The molecular weight excluding hydrogens is 267 g/mol. The van der Waals surface area contributed by atoms with Crippen LogP contribution in [0.25, 0.3) is 0 Å². The molecule has 0 bridgehead atoms. The van der Waals surface area contributed by atoms with Crippen molar-refractivity contribution >= 4 is 0 Å². The van der Waals surface area contributed by atoms with Gasteiger partial charge in [-0.1, -0.05) is 12.1 Å². The fraction of sp³-hybridized carbons (Fsp3) is 0.438. The number of hydrogen-bond donors (Lipinski definition) is 1. The third-order valence-electron chi connectivity index (χ3n) is 4.03. The molecule has 2 aromatic rings. The molecule has 0 spiro atoms. The van der Waals surface area contributed by atoms with Crippen molar-refractivity contribution in [1.29, 1.82) is 0 Å². The quantitative estimate of drug-likeness (QED) is 0.912. The Balaban J connectivity index is 1.59. The molecule has 0 radical (unpaired) electrons. The van der Waals surface area contributed by atoms with Gasteiger partial charge in [-0.05, 0) is 37.7 Å². The highest BCUT2D eigenvalue weighted by Gasteiger charge is 2.19. The number of hydrogen-bond acceptors (Lipinski definition) is 3. The van der Waals surface area contributed by atoms with Crippen LogP contribution in [0, 0.1) is 5.82 Å². The summed E-state index contributed by atoms with van der Waals surface area (Å²) in [6.45, 7) is 3.77. The van der Waals surface area contributed by atoms with Crippen LogP contribution >= 0.6 is 0 Å². The first kappa shape index (κ1) is 14.2. The molecular formula is C16H21FN4. The lowest BCUT2D eigenvalue weighted by atomic mass is 10.2. The molecule has 0 aliphatic carbocycles. The molecule has 1 unspecified atom stereocenters. The third-order valence-corrected chi connectivity index (χ3v) is 4.03. The van der Waals surface area contributed by atoms with Gasteiger partial charge in [-0.25, -0.2) is 4.39 Å². The fourth-order valence-electron chi connectivity index (χ4n) is 2.78. The number of halogens is 1. The highest BCUT2D eigenvalue weighted by molar-refractivity contribution is 5.16. The van der Waals surface area contributed by atoms with Crippen molar-refractivity contribution in [3.05, 3.63) is 53.6 Å². The summed E-state index contributed by atoms with van der Waals surface area (Å²) >= 11 is 0. The Morgan fingerprint density at radius 3 is 2.86 bits per heavy atom. The van der Waals surface area contributed by atoms with E-state index in [2.05, 4.69) is 28.6 Å². The molecule has 0 saturated carbocycles. The summed E-state index contributed by atoms with van der Waals surface area (Å²) in [5, 5.41) is 7.78. The lowest BCUT2D eigenvalue weighted by Gasteiger charge is -2.22. The van der Waals surface area contributed by atoms with Gasteiger partial charge < -0.3 is 5.32 Å². The standard InChI is InChI=1S/C16H21FN4/c1-20(16-6-7-18-9-16)10-14-8-19-21(12-14)11-13-2-4-15(17)5-3-13/h2-5,8,12,16,18H,6-7,9-11H2,1H3. The van der Waals surface area contributed by atoms with Gasteiger partial charge in [0.2, 0.25) is 0 Å². The lowest BCUT2D eigenvalue weighted by molar-refractivity contribution is 0.249. The summed E-state index contributed by atoms with van der Waals surface area (Å²) in [7, 11) is 2.16. The maximum absolute atomic E-state index is 12.9. The van der Waals surface area contributed by atoms with E-state index in [1.807, 2.05) is 10.9 Å². The van der Waals surface area contributed by atoms with Gasteiger partial charge in [0.1, 0.15) is 5.82 Å². The smallest absolute Gasteiger partial charge is 0.123 e. The minimum atomic E-state index is -0.202. The zero-order valence-electron chi connectivity index (χ0n) is 12.3. The number of nitrogens with zero attached hydrogens (tertiary/aromatic N) is 3. The van der Waals surface area contributed by atoms with Crippen LogP contribution in [0.3, 0.4) is 0 Å². The maximum Gasteiger partial charge on any atom is 0.123 e.